The molecule has 2 heterocycles. The minimum absolute atomic E-state index is 0.146. The van der Waals surface area contributed by atoms with Gasteiger partial charge in [-0.3, -0.25) is 5.10 Å². The summed E-state index contributed by atoms with van der Waals surface area (Å²) in [7, 11) is 0. The number of benzene rings is 1. The molecule has 3 aromatic rings. The lowest BCUT2D eigenvalue weighted by atomic mass is 10.1. The van der Waals surface area contributed by atoms with E-state index in [0.717, 1.165) is 30.5 Å². The Balaban J connectivity index is 1.88. The summed E-state index contributed by atoms with van der Waals surface area (Å²) >= 11 is 0. The Bertz CT molecular complexity index is 864. The fourth-order valence-corrected chi connectivity index (χ4v) is 2.06. The van der Waals surface area contributed by atoms with Crippen molar-refractivity contribution in [1.29, 1.82) is 0 Å². The number of nitrogens with zero attached hydrogens (tertiary/aromatic N) is 2. The molecule has 2 aromatic heterocycles. The maximum atomic E-state index is 12.7. The summed E-state index contributed by atoms with van der Waals surface area (Å²) in [6.07, 6.45) is -8.07. The number of pyridine rings is 1. The molecule has 0 bridgehead atoms. The van der Waals surface area contributed by atoms with Crippen molar-refractivity contribution in [1.82, 2.24) is 15.2 Å². The van der Waals surface area contributed by atoms with Crippen molar-refractivity contribution < 1.29 is 26.3 Å². The largest absolute Gasteiger partial charge is 0.433 e. The summed E-state index contributed by atoms with van der Waals surface area (Å²) in [5, 5.41) is 9.35. The molecule has 0 atom stereocenters. The zero-order valence-corrected chi connectivity index (χ0v) is 11.6. The zero-order valence-electron chi connectivity index (χ0n) is 11.6. The molecular weight excluding hydrogens is 338 g/mol. The summed E-state index contributed by atoms with van der Waals surface area (Å²) < 4.78 is 75.3. The third-order valence-corrected chi connectivity index (χ3v) is 3.21. The Morgan fingerprint density at radius 2 is 1.67 bits per heavy atom. The van der Waals surface area contributed by atoms with E-state index in [2.05, 4.69) is 20.5 Å². The first-order chi connectivity index (χ1) is 11.1. The average Bonchev–Trinajstić information content (AvgIpc) is 2.88. The highest BCUT2D eigenvalue weighted by Crippen LogP contribution is 2.33. The second-order valence-corrected chi connectivity index (χ2v) is 4.89. The Morgan fingerprint density at radius 3 is 2.25 bits per heavy atom. The molecule has 0 radical (unpaired) electrons. The Kier molecular flexibility index (Phi) is 3.61. The first kappa shape index (κ1) is 16.1. The van der Waals surface area contributed by atoms with Crippen molar-refractivity contribution in [2.24, 2.45) is 0 Å². The van der Waals surface area contributed by atoms with E-state index >= 15 is 0 Å². The fourth-order valence-electron chi connectivity index (χ4n) is 2.06. The van der Waals surface area contributed by atoms with Crippen LogP contribution in [0.25, 0.3) is 10.9 Å². The van der Waals surface area contributed by atoms with Crippen molar-refractivity contribution in [3.63, 3.8) is 0 Å². The lowest BCUT2D eigenvalue weighted by Crippen LogP contribution is -2.07. The topological polar surface area (TPSA) is 53.6 Å². The second-order valence-electron chi connectivity index (χ2n) is 4.89. The Labute approximate surface area is 130 Å². The van der Waals surface area contributed by atoms with Gasteiger partial charge in [0.25, 0.3) is 0 Å². The minimum Gasteiger partial charge on any atom is -0.337 e. The highest BCUT2D eigenvalue weighted by Gasteiger charge is 2.32. The van der Waals surface area contributed by atoms with Gasteiger partial charge < -0.3 is 5.32 Å². The molecular formula is C14H8F6N4. The number of fused-ring (bicyclic) bond motifs is 1. The number of rotatable bonds is 2. The molecule has 0 unspecified atom stereocenters. The van der Waals surface area contributed by atoms with Crippen LogP contribution in [0.3, 0.4) is 0 Å². The molecule has 4 nitrogen and oxygen atoms in total. The molecule has 24 heavy (non-hydrogen) atoms. The quantitative estimate of drug-likeness (QED) is 0.659. The first-order valence-electron chi connectivity index (χ1n) is 6.50. The van der Waals surface area contributed by atoms with Gasteiger partial charge in [-0.2, -0.15) is 31.4 Å². The minimum atomic E-state index is -4.55. The maximum Gasteiger partial charge on any atom is 0.433 e. The van der Waals surface area contributed by atoms with Crippen LogP contribution in [-0.2, 0) is 12.4 Å². The number of aromatic nitrogens is 3. The lowest BCUT2D eigenvalue weighted by molar-refractivity contribution is -0.141. The van der Waals surface area contributed by atoms with Crippen LogP contribution in [0.5, 0.6) is 0 Å². The molecule has 0 aliphatic carbocycles. The molecule has 0 aliphatic heterocycles. The molecule has 0 amide bonds. The summed E-state index contributed by atoms with van der Waals surface area (Å²) in [4.78, 5) is 3.28. The van der Waals surface area contributed by atoms with Crippen LogP contribution in [0.15, 0.2) is 36.5 Å². The summed E-state index contributed by atoms with van der Waals surface area (Å²) in [6.45, 7) is 0. The normalized spacial score (nSPS) is 12.6. The van der Waals surface area contributed by atoms with E-state index in [1.807, 2.05) is 0 Å². The highest BCUT2D eigenvalue weighted by atomic mass is 19.4. The summed E-state index contributed by atoms with van der Waals surface area (Å²) in [5.41, 5.74) is -1.51. The van der Waals surface area contributed by atoms with E-state index in [1.54, 1.807) is 0 Å². The molecule has 0 fully saturated rings. The van der Waals surface area contributed by atoms with Crippen molar-refractivity contribution in [2.45, 2.75) is 12.4 Å². The predicted octanol–water partition coefficient (Wildman–Crippen LogP) is 4.74. The third kappa shape index (κ3) is 3.12. The highest BCUT2D eigenvalue weighted by molar-refractivity contribution is 5.91. The maximum absolute atomic E-state index is 12.7. The zero-order chi connectivity index (χ0) is 17.5. The molecule has 0 spiro atoms. The SMILES string of the molecule is FC(F)(F)c1ccc2c(Nc3ccc(C(F)(F)F)nc3)n[nH]c2c1. The van der Waals surface area contributed by atoms with Gasteiger partial charge in [0.05, 0.1) is 23.0 Å². The monoisotopic (exact) mass is 346 g/mol. The Hall–Kier alpha value is -2.78. The number of hydrogen-bond donors (Lipinski definition) is 2. The van der Waals surface area contributed by atoms with Crippen LogP contribution in [0.2, 0.25) is 0 Å². The molecule has 2 N–H and O–H groups in total. The van der Waals surface area contributed by atoms with E-state index in [9.17, 15) is 26.3 Å². The van der Waals surface area contributed by atoms with Crippen LogP contribution in [0.4, 0.5) is 37.8 Å². The Morgan fingerprint density at radius 1 is 0.917 bits per heavy atom. The van der Waals surface area contributed by atoms with Gasteiger partial charge in [0.1, 0.15) is 5.69 Å². The molecule has 126 valence electrons. The number of nitrogens with one attached hydrogen (secondary N) is 2. The van der Waals surface area contributed by atoms with Gasteiger partial charge in [0.15, 0.2) is 5.82 Å². The number of alkyl halides is 6. The summed E-state index contributed by atoms with van der Waals surface area (Å²) in [6, 6.07) is 4.97. The lowest BCUT2D eigenvalue weighted by Gasteiger charge is -2.08. The third-order valence-electron chi connectivity index (χ3n) is 3.21. The standard InChI is InChI=1S/C14H8F6N4/c15-13(16,17)7-1-3-9-10(5-7)23-24-12(9)22-8-2-4-11(21-6-8)14(18,19)20/h1-6H,(H2,22,23,24). The second kappa shape index (κ2) is 5.39. The van der Waals surface area contributed by atoms with Crippen molar-refractivity contribution in [3.05, 3.63) is 47.8 Å². The van der Waals surface area contributed by atoms with Gasteiger partial charge in [-0.15, -0.1) is 0 Å². The molecule has 10 heteroatoms. The molecule has 0 aliphatic rings. The van der Waals surface area contributed by atoms with Crippen molar-refractivity contribution in [2.75, 3.05) is 5.32 Å². The van der Waals surface area contributed by atoms with Gasteiger partial charge in [0, 0.05) is 5.39 Å². The van der Waals surface area contributed by atoms with Crippen LogP contribution >= 0.6 is 0 Å². The van der Waals surface area contributed by atoms with Gasteiger partial charge in [-0.1, -0.05) is 0 Å². The van der Waals surface area contributed by atoms with Crippen LogP contribution in [0, 0.1) is 0 Å². The predicted molar refractivity (Wildman–Crippen MR) is 73.6 cm³/mol. The van der Waals surface area contributed by atoms with Gasteiger partial charge in [-0.05, 0) is 30.3 Å². The molecule has 1 aromatic carbocycles. The first-order valence-corrected chi connectivity index (χ1v) is 6.50. The van der Waals surface area contributed by atoms with Crippen LogP contribution in [0.1, 0.15) is 11.3 Å². The van der Waals surface area contributed by atoms with E-state index < -0.39 is 23.6 Å². The smallest absolute Gasteiger partial charge is 0.337 e. The van der Waals surface area contributed by atoms with Gasteiger partial charge >= 0.3 is 12.4 Å². The summed E-state index contributed by atoms with van der Waals surface area (Å²) in [5.74, 6) is 0.181. The van der Waals surface area contributed by atoms with Crippen molar-refractivity contribution in [3.8, 4) is 0 Å². The van der Waals surface area contributed by atoms with Crippen molar-refractivity contribution >= 4 is 22.4 Å². The number of halogens is 6. The average molecular weight is 346 g/mol. The van der Waals surface area contributed by atoms with E-state index in [1.165, 1.54) is 6.07 Å². The van der Waals surface area contributed by atoms with Crippen LogP contribution in [-0.4, -0.2) is 15.2 Å². The van der Waals surface area contributed by atoms with E-state index in [4.69, 9.17) is 0 Å². The van der Waals surface area contributed by atoms with E-state index in [0.29, 0.717) is 5.39 Å². The number of H-pyrrole nitrogens is 1. The van der Waals surface area contributed by atoms with Gasteiger partial charge in [0.2, 0.25) is 0 Å². The fraction of sp³-hybridized carbons (Fsp3) is 0.143. The van der Waals surface area contributed by atoms with E-state index in [-0.39, 0.29) is 17.0 Å². The number of anilines is 2. The number of hydrogen-bond acceptors (Lipinski definition) is 3. The number of aromatic amines is 1. The molecule has 3 rings (SSSR count). The molecule has 0 saturated carbocycles. The van der Waals surface area contributed by atoms with Crippen LogP contribution < -0.4 is 5.32 Å². The molecule has 0 saturated heterocycles. The van der Waals surface area contributed by atoms with Gasteiger partial charge in [-0.25, -0.2) is 4.98 Å².